The van der Waals surface area contributed by atoms with Gasteiger partial charge in [-0.25, -0.2) is 0 Å². The van der Waals surface area contributed by atoms with Crippen molar-refractivity contribution in [2.45, 2.75) is 39.8 Å². The first-order chi connectivity index (χ1) is 13.0. The summed E-state index contributed by atoms with van der Waals surface area (Å²) >= 11 is 1.76. The van der Waals surface area contributed by atoms with E-state index in [0.29, 0.717) is 11.3 Å². The monoisotopic (exact) mass is 383 g/mol. The van der Waals surface area contributed by atoms with E-state index >= 15 is 0 Å². The summed E-state index contributed by atoms with van der Waals surface area (Å²) in [6.45, 7) is 6.57. The van der Waals surface area contributed by atoms with Crippen LogP contribution in [0.1, 0.15) is 45.2 Å². The standard InChI is InChI=1S/C22H25NO3S/c1-15-12-21(16(2)23(15)10-9-20-8-5-11-27-20)22(25)14-26-19-7-4-6-18(13-19)17(3)24/h4-8,11-13,17,24H,9-10,14H2,1-3H3. The second kappa shape index (κ2) is 8.55. The highest BCUT2D eigenvalue weighted by Crippen LogP contribution is 2.21. The fourth-order valence-electron chi connectivity index (χ4n) is 3.20. The molecule has 3 aromatic rings. The number of carbonyl (C=O) groups is 1. The molecule has 0 bridgehead atoms. The van der Waals surface area contributed by atoms with Gasteiger partial charge in [0.1, 0.15) is 5.75 Å². The number of nitrogens with zero attached hydrogens (tertiary/aromatic N) is 1. The van der Waals surface area contributed by atoms with Crippen LogP contribution in [0.5, 0.6) is 5.75 Å². The lowest BCUT2D eigenvalue weighted by atomic mass is 10.1. The van der Waals surface area contributed by atoms with Crippen molar-refractivity contribution in [2.24, 2.45) is 0 Å². The average molecular weight is 384 g/mol. The number of aryl methyl sites for hydroxylation is 2. The number of thiophene rings is 1. The predicted molar refractivity (Wildman–Crippen MR) is 109 cm³/mol. The van der Waals surface area contributed by atoms with Crippen molar-refractivity contribution < 1.29 is 14.6 Å². The maximum atomic E-state index is 12.7. The SMILES string of the molecule is Cc1cc(C(=O)COc2cccc(C(C)O)c2)c(C)n1CCc1cccs1. The van der Waals surface area contributed by atoms with Gasteiger partial charge >= 0.3 is 0 Å². The van der Waals surface area contributed by atoms with Gasteiger partial charge in [0, 0.05) is 28.4 Å². The summed E-state index contributed by atoms with van der Waals surface area (Å²) in [7, 11) is 0. The van der Waals surface area contributed by atoms with Crippen LogP contribution in [0.25, 0.3) is 0 Å². The molecular weight excluding hydrogens is 358 g/mol. The number of hydrogen-bond donors (Lipinski definition) is 1. The fourth-order valence-corrected chi connectivity index (χ4v) is 3.89. The summed E-state index contributed by atoms with van der Waals surface area (Å²) in [6.07, 6.45) is 0.399. The fraction of sp³-hybridized carbons (Fsp3) is 0.318. The molecule has 0 aliphatic rings. The zero-order chi connectivity index (χ0) is 19.4. The number of carbonyl (C=O) groups excluding carboxylic acids is 1. The first kappa shape index (κ1) is 19.4. The summed E-state index contributed by atoms with van der Waals surface area (Å²) in [5.41, 5.74) is 3.55. The molecule has 3 rings (SSSR count). The maximum absolute atomic E-state index is 12.7. The molecular formula is C22H25NO3S. The Hall–Kier alpha value is -2.37. The van der Waals surface area contributed by atoms with Crippen molar-refractivity contribution in [2.75, 3.05) is 6.61 Å². The second-order valence-electron chi connectivity index (χ2n) is 6.73. The van der Waals surface area contributed by atoms with Gasteiger partial charge in [-0.1, -0.05) is 18.2 Å². The Morgan fingerprint density at radius 1 is 1.22 bits per heavy atom. The molecule has 1 aromatic carbocycles. The molecule has 27 heavy (non-hydrogen) atoms. The number of hydrogen-bond acceptors (Lipinski definition) is 4. The summed E-state index contributed by atoms with van der Waals surface area (Å²) in [4.78, 5) is 14.0. The average Bonchev–Trinajstić information content (AvgIpc) is 3.26. The first-order valence-corrected chi connectivity index (χ1v) is 9.97. The minimum absolute atomic E-state index is 0.0154. The highest BCUT2D eigenvalue weighted by atomic mass is 32.1. The molecule has 0 spiro atoms. The van der Waals surface area contributed by atoms with Crippen molar-refractivity contribution in [3.05, 3.63) is 75.2 Å². The van der Waals surface area contributed by atoms with E-state index < -0.39 is 6.10 Å². The third kappa shape index (κ3) is 4.67. The van der Waals surface area contributed by atoms with Crippen LogP contribution in [0, 0.1) is 13.8 Å². The van der Waals surface area contributed by atoms with Crippen LogP contribution in [-0.4, -0.2) is 22.1 Å². The van der Waals surface area contributed by atoms with Gasteiger partial charge in [-0.3, -0.25) is 4.79 Å². The molecule has 2 heterocycles. The highest BCUT2D eigenvalue weighted by molar-refractivity contribution is 7.09. The molecule has 0 saturated carbocycles. The molecule has 0 fully saturated rings. The molecule has 1 atom stereocenters. The van der Waals surface area contributed by atoms with Crippen molar-refractivity contribution in [1.29, 1.82) is 0 Å². The number of benzene rings is 1. The van der Waals surface area contributed by atoms with Crippen LogP contribution in [0.3, 0.4) is 0 Å². The Morgan fingerprint density at radius 3 is 2.74 bits per heavy atom. The van der Waals surface area contributed by atoms with Crippen LogP contribution < -0.4 is 4.74 Å². The molecule has 0 amide bonds. The third-order valence-electron chi connectivity index (χ3n) is 4.75. The summed E-state index contributed by atoms with van der Waals surface area (Å²) < 4.78 is 7.86. The molecule has 4 nitrogen and oxygen atoms in total. The largest absolute Gasteiger partial charge is 0.485 e. The molecule has 0 aliphatic carbocycles. The normalized spacial score (nSPS) is 12.1. The van der Waals surface area contributed by atoms with Gasteiger partial charge in [-0.2, -0.15) is 0 Å². The predicted octanol–water partition coefficient (Wildman–Crippen LogP) is 4.72. The lowest BCUT2D eigenvalue weighted by Crippen LogP contribution is -2.13. The topological polar surface area (TPSA) is 51.5 Å². The van der Waals surface area contributed by atoms with E-state index in [9.17, 15) is 9.90 Å². The Labute approximate surface area is 164 Å². The van der Waals surface area contributed by atoms with Crippen LogP contribution in [-0.2, 0) is 13.0 Å². The van der Waals surface area contributed by atoms with Crippen LogP contribution >= 0.6 is 11.3 Å². The molecule has 0 radical (unpaired) electrons. The number of aliphatic hydroxyl groups excluding tert-OH is 1. The Balaban J connectivity index is 1.66. The lowest BCUT2D eigenvalue weighted by Gasteiger charge is -2.10. The quantitative estimate of drug-likeness (QED) is 0.573. The van der Waals surface area contributed by atoms with Crippen LogP contribution in [0.4, 0.5) is 0 Å². The molecule has 2 aromatic heterocycles. The van der Waals surface area contributed by atoms with E-state index in [1.165, 1.54) is 4.88 Å². The molecule has 142 valence electrons. The van der Waals surface area contributed by atoms with Crippen molar-refractivity contribution in [1.82, 2.24) is 4.57 Å². The van der Waals surface area contributed by atoms with Crippen LogP contribution in [0.15, 0.2) is 47.8 Å². The molecule has 0 saturated heterocycles. The molecule has 1 N–H and O–H groups in total. The van der Waals surface area contributed by atoms with Gasteiger partial charge in [0.05, 0.1) is 6.10 Å². The summed E-state index contributed by atoms with van der Waals surface area (Å²) in [5.74, 6) is 0.557. The summed E-state index contributed by atoms with van der Waals surface area (Å²) in [5, 5.41) is 11.8. The number of aromatic nitrogens is 1. The van der Waals surface area contributed by atoms with Gasteiger partial charge in [-0.05, 0) is 62.4 Å². The number of ether oxygens (including phenoxy) is 1. The van der Waals surface area contributed by atoms with Gasteiger partial charge in [0.15, 0.2) is 6.61 Å². The minimum atomic E-state index is -0.563. The number of aliphatic hydroxyl groups is 1. The maximum Gasteiger partial charge on any atom is 0.202 e. The number of Topliss-reactive ketones (excluding diaryl/α,β-unsaturated/α-hetero) is 1. The van der Waals surface area contributed by atoms with E-state index in [0.717, 1.165) is 29.9 Å². The van der Waals surface area contributed by atoms with E-state index in [1.54, 1.807) is 30.4 Å². The number of ketones is 1. The summed E-state index contributed by atoms with van der Waals surface area (Å²) in [6, 6.07) is 13.4. The van der Waals surface area contributed by atoms with E-state index in [4.69, 9.17) is 4.74 Å². The highest BCUT2D eigenvalue weighted by Gasteiger charge is 2.16. The van der Waals surface area contributed by atoms with Gasteiger partial charge in [0.25, 0.3) is 0 Å². The lowest BCUT2D eigenvalue weighted by molar-refractivity contribution is 0.0920. The van der Waals surface area contributed by atoms with E-state index in [1.807, 2.05) is 32.0 Å². The van der Waals surface area contributed by atoms with Gasteiger partial charge < -0.3 is 14.4 Å². The Bertz CT molecular complexity index is 910. The Morgan fingerprint density at radius 2 is 2.04 bits per heavy atom. The van der Waals surface area contributed by atoms with Crippen molar-refractivity contribution >= 4 is 17.1 Å². The first-order valence-electron chi connectivity index (χ1n) is 9.09. The second-order valence-corrected chi connectivity index (χ2v) is 7.76. The Kier molecular flexibility index (Phi) is 6.14. The van der Waals surface area contributed by atoms with Crippen LogP contribution in [0.2, 0.25) is 0 Å². The number of rotatable bonds is 8. The minimum Gasteiger partial charge on any atom is -0.485 e. The van der Waals surface area contributed by atoms with Crippen molar-refractivity contribution in [3.8, 4) is 5.75 Å². The van der Waals surface area contributed by atoms with Crippen molar-refractivity contribution in [3.63, 3.8) is 0 Å². The van der Waals surface area contributed by atoms with Gasteiger partial charge in [0.2, 0.25) is 5.78 Å². The molecule has 1 unspecified atom stereocenters. The molecule has 5 heteroatoms. The zero-order valence-corrected chi connectivity index (χ0v) is 16.8. The van der Waals surface area contributed by atoms with Gasteiger partial charge in [-0.15, -0.1) is 11.3 Å². The zero-order valence-electron chi connectivity index (χ0n) is 15.9. The van der Waals surface area contributed by atoms with E-state index in [-0.39, 0.29) is 12.4 Å². The third-order valence-corrected chi connectivity index (χ3v) is 5.68. The molecule has 0 aliphatic heterocycles. The van der Waals surface area contributed by atoms with E-state index in [2.05, 4.69) is 22.1 Å². The smallest absolute Gasteiger partial charge is 0.202 e.